The van der Waals surface area contributed by atoms with Crippen LogP contribution in [-0.2, 0) is 14.2 Å². The summed E-state index contributed by atoms with van der Waals surface area (Å²) in [6.45, 7) is 3.74. The molecule has 0 fully saturated rings. The van der Waals surface area contributed by atoms with Gasteiger partial charge in [-0.1, -0.05) is 113 Å². The van der Waals surface area contributed by atoms with Crippen LogP contribution in [0.15, 0.2) is 0 Å². The quantitative estimate of drug-likeness (QED) is 0.0612. The molecular weight excluding hydrogens is 498 g/mol. The molecule has 0 aliphatic carbocycles. The number of hydrogen-bond donors (Lipinski definition) is 2. The molecule has 0 bridgehead atoms. The first-order chi connectivity index (χ1) is 16.6. The van der Waals surface area contributed by atoms with Gasteiger partial charge in [-0.25, -0.2) is 4.79 Å². The Hall–Kier alpha value is -0.370. The van der Waals surface area contributed by atoms with E-state index in [1.807, 2.05) is 0 Å². The average molecular weight is 553 g/mol. The lowest BCUT2D eigenvalue weighted by molar-refractivity contribution is -0.0696. The second-order valence-electron chi connectivity index (χ2n) is 9.34. The van der Waals surface area contributed by atoms with E-state index < -0.39 is 12.3 Å². The van der Waals surface area contributed by atoms with Crippen molar-refractivity contribution in [3.63, 3.8) is 0 Å². The second kappa shape index (κ2) is 27.2. The van der Waals surface area contributed by atoms with Gasteiger partial charge in [-0.15, -0.1) is 0 Å². The lowest BCUT2D eigenvalue weighted by atomic mass is 10.0. The number of carboxylic acid groups (broad SMARTS) is 1. The average Bonchev–Trinajstić information content (AvgIpc) is 2.82. The van der Waals surface area contributed by atoms with Crippen molar-refractivity contribution in [1.29, 1.82) is 0 Å². The number of halogens is 1. The van der Waals surface area contributed by atoms with Gasteiger partial charge in [-0.05, 0) is 25.7 Å². The van der Waals surface area contributed by atoms with Crippen LogP contribution in [0.3, 0.4) is 0 Å². The third-order valence-electron chi connectivity index (χ3n) is 6.15. The highest BCUT2D eigenvalue weighted by Crippen LogP contribution is 2.14. The molecule has 7 heteroatoms. The van der Waals surface area contributed by atoms with Crippen molar-refractivity contribution in [1.82, 2.24) is 5.32 Å². The summed E-state index contributed by atoms with van der Waals surface area (Å²) in [7, 11) is 1.63. The topological polar surface area (TPSA) is 77.0 Å². The van der Waals surface area contributed by atoms with Gasteiger partial charge in [0.25, 0.3) is 0 Å². The summed E-state index contributed by atoms with van der Waals surface area (Å²) in [5.74, 6) is 0. The van der Waals surface area contributed by atoms with E-state index in [0.717, 1.165) is 31.0 Å². The minimum absolute atomic E-state index is 0.192. The second-order valence-corrected chi connectivity index (χ2v) is 10.1. The van der Waals surface area contributed by atoms with Crippen LogP contribution in [0.5, 0.6) is 0 Å². The van der Waals surface area contributed by atoms with Crippen molar-refractivity contribution in [3.8, 4) is 0 Å². The first-order valence-corrected chi connectivity index (χ1v) is 15.0. The van der Waals surface area contributed by atoms with Crippen LogP contribution in [0.1, 0.15) is 122 Å². The molecule has 0 aromatic heterocycles. The molecule has 1 amide bonds. The van der Waals surface area contributed by atoms with Gasteiger partial charge in [0.15, 0.2) is 0 Å². The highest BCUT2D eigenvalue weighted by atomic mass is 79.9. The predicted molar refractivity (Wildman–Crippen MR) is 145 cm³/mol. The highest BCUT2D eigenvalue weighted by Gasteiger charge is 2.15. The smallest absolute Gasteiger partial charge is 0.406 e. The van der Waals surface area contributed by atoms with Gasteiger partial charge in [0.05, 0.1) is 13.2 Å². The van der Waals surface area contributed by atoms with E-state index in [2.05, 4.69) is 28.2 Å². The molecule has 0 aromatic carbocycles. The Morgan fingerprint density at radius 2 is 1.32 bits per heavy atom. The van der Waals surface area contributed by atoms with E-state index >= 15 is 0 Å². The molecule has 0 aliphatic rings. The summed E-state index contributed by atoms with van der Waals surface area (Å²) in [5, 5.41) is 12.6. The minimum atomic E-state index is -1.05. The summed E-state index contributed by atoms with van der Waals surface area (Å²) in [4.78, 5) is 11.1. The van der Waals surface area contributed by atoms with Gasteiger partial charge in [0, 0.05) is 19.0 Å². The van der Waals surface area contributed by atoms with Crippen molar-refractivity contribution in [2.75, 3.05) is 32.3 Å². The Labute approximate surface area is 218 Å². The van der Waals surface area contributed by atoms with Crippen LogP contribution in [0.4, 0.5) is 4.79 Å². The first-order valence-electron chi connectivity index (χ1n) is 13.9. The fraction of sp³-hybridized carbons (Fsp3) is 0.963. The summed E-state index contributed by atoms with van der Waals surface area (Å²) < 4.78 is 16.8. The molecule has 204 valence electrons. The molecule has 2 atom stereocenters. The molecule has 6 nitrogen and oxygen atoms in total. The van der Waals surface area contributed by atoms with Crippen molar-refractivity contribution < 1.29 is 24.1 Å². The molecule has 0 spiro atoms. The Bertz CT molecular complexity index is 428. The Kier molecular flexibility index (Phi) is 26.9. The lowest BCUT2D eigenvalue weighted by Gasteiger charge is -2.21. The Balaban J connectivity index is 3.72. The molecule has 0 saturated heterocycles. The first kappa shape index (κ1) is 33.6. The fourth-order valence-corrected chi connectivity index (χ4v) is 4.35. The molecule has 34 heavy (non-hydrogen) atoms. The van der Waals surface area contributed by atoms with Crippen LogP contribution >= 0.6 is 15.9 Å². The fourth-order valence-electron chi connectivity index (χ4n) is 3.96. The van der Waals surface area contributed by atoms with Crippen molar-refractivity contribution in [2.24, 2.45) is 0 Å². The number of unbranched alkanes of at least 4 members (excludes halogenated alkanes) is 15. The number of rotatable bonds is 27. The van der Waals surface area contributed by atoms with E-state index in [9.17, 15) is 4.79 Å². The van der Waals surface area contributed by atoms with Gasteiger partial charge < -0.3 is 19.3 Å². The maximum atomic E-state index is 11.1. The molecule has 0 aromatic rings. The van der Waals surface area contributed by atoms with Crippen LogP contribution < -0.4 is 5.32 Å². The molecule has 0 radical (unpaired) electrons. The van der Waals surface area contributed by atoms with E-state index in [0.29, 0.717) is 26.2 Å². The minimum Gasteiger partial charge on any atom is -0.465 e. The Morgan fingerprint density at radius 1 is 0.794 bits per heavy atom. The van der Waals surface area contributed by atoms with E-state index in [1.54, 1.807) is 7.11 Å². The summed E-state index contributed by atoms with van der Waals surface area (Å²) >= 11 is 3.41. The number of hydrogen-bond acceptors (Lipinski definition) is 4. The van der Waals surface area contributed by atoms with Crippen molar-refractivity contribution >= 4 is 22.0 Å². The standard InChI is InChI=1S/C27H54BrNO5/c1-3-4-5-6-7-8-9-10-11-12-13-14-15-16-17-20-26(29-27(30)31)34-24-25(32-2)23-33-22-19-18-21-28/h25-26,29H,3-24H2,1-2H3,(H,30,31). The normalized spacial score (nSPS) is 13.1. The number of amides is 1. The van der Waals surface area contributed by atoms with Gasteiger partial charge in [0.1, 0.15) is 12.3 Å². The highest BCUT2D eigenvalue weighted by molar-refractivity contribution is 9.09. The monoisotopic (exact) mass is 551 g/mol. The number of methoxy groups -OCH3 is 1. The summed E-state index contributed by atoms with van der Waals surface area (Å²) in [6.07, 6.45) is 20.8. The number of nitrogens with one attached hydrogen (secondary N) is 1. The molecule has 0 rings (SSSR count). The van der Waals surface area contributed by atoms with Gasteiger partial charge in [-0.2, -0.15) is 0 Å². The third-order valence-corrected chi connectivity index (χ3v) is 6.71. The van der Waals surface area contributed by atoms with E-state index in [4.69, 9.17) is 19.3 Å². The van der Waals surface area contributed by atoms with E-state index in [1.165, 1.54) is 83.5 Å². The van der Waals surface area contributed by atoms with Crippen LogP contribution in [0, 0.1) is 0 Å². The lowest BCUT2D eigenvalue weighted by Crippen LogP contribution is -2.38. The predicted octanol–water partition coefficient (Wildman–Crippen LogP) is 8.06. The molecule has 0 heterocycles. The van der Waals surface area contributed by atoms with Crippen LogP contribution in [-0.4, -0.2) is 55.8 Å². The van der Waals surface area contributed by atoms with Crippen molar-refractivity contribution in [3.05, 3.63) is 0 Å². The number of alkyl halides is 1. The maximum Gasteiger partial charge on any atom is 0.406 e. The zero-order chi connectivity index (χ0) is 25.1. The zero-order valence-corrected chi connectivity index (χ0v) is 23.8. The molecule has 2 N–H and O–H groups in total. The van der Waals surface area contributed by atoms with Crippen LogP contribution in [0.25, 0.3) is 0 Å². The molecular formula is C27H54BrNO5. The SMILES string of the molecule is CCCCCCCCCCCCCCCCCC(NC(=O)O)OCC(COCCCCBr)OC. The summed E-state index contributed by atoms with van der Waals surface area (Å²) in [6, 6.07) is 0. The molecule has 0 aliphatic heterocycles. The van der Waals surface area contributed by atoms with Crippen molar-refractivity contribution in [2.45, 2.75) is 135 Å². The number of ether oxygens (including phenoxy) is 3. The van der Waals surface area contributed by atoms with Gasteiger partial charge >= 0.3 is 6.09 Å². The van der Waals surface area contributed by atoms with E-state index in [-0.39, 0.29) is 6.10 Å². The molecule has 0 saturated carbocycles. The third kappa shape index (κ3) is 24.7. The molecule has 2 unspecified atom stereocenters. The van der Waals surface area contributed by atoms with Crippen LogP contribution in [0.2, 0.25) is 0 Å². The van der Waals surface area contributed by atoms with Gasteiger partial charge in [0.2, 0.25) is 0 Å². The zero-order valence-electron chi connectivity index (χ0n) is 22.2. The largest absolute Gasteiger partial charge is 0.465 e. The number of carbonyl (C=O) groups is 1. The van der Waals surface area contributed by atoms with Gasteiger partial charge in [-0.3, -0.25) is 5.32 Å². The summed E-state index contributed by atoms with van der Waals surface area (Å²) in [5.41, 5.74) is 0. The maximum absolute atomic E-state index is 11.1. The Morgan fingerprint density at radius 3 is 1.79 bits per heavy atom.